The predicted octanol–water partition coefficient (Wildman–Crippen LogP) is 20.7. The van der Waals surface area contributed by atoms with Crippen molar-refractivity contribution in [3.05, 3.63) is 339 Å². The van der Waals surface area contributed by atoms with Crippen molar-refractivity contribution in [2.45, 2.75) is 120 Å². The van der Waals surface area contributed by atoms with Crippen molar-refractivity contribution in [1.82, 2.24) is 49.8 Å². The molecule has 14 rings (SSSR count). The summed E-state index contributed by atoms with van der Waals surface area (Å²) in [6.07, 6.45) is 18.4. The van der Waals surface area contributed by atoms with Crippen molar-refractivity contribution >= 4 is 23.1 Å². The number of allylic oxidation sites excluding steroid dienone is 8. The van der Waals surface area contributed by atoms with E-state index in [-0.39, 0.29) is 152 Å². The molecule has 23 heteroatoms. The van der Waals surface area contributed by atoms with E-state index in [0.29, 0.717) is 5.92 Å². The molecule has 5 heterocycles. The summed E-state index contributed by atoms with van der Waals surface area (Å²) in [4.78, 5) is 83.0. The summed E-state index contributed by atoms with van der Waals surface area (Å²) in [5.41, 5.74) is 17.1. The number of hydrogen-bond acceptors (Lipinski definition) is 18. The van der Waals surface area contributed by atoms with E-state index in [0.717, 1.165) is 102 Å². The number of fused-ring (bicyclic) bond motifs is 2. The van der Waals surface area contributed by atoms with Crippen LogP contribution in [0.25, 0.3) is 78.8 Å². The molecule has 2 aliphatic carbocycles. The van der Waals surface area contributed by atoms with Gasteiger partial charge in [0.15, 0.2) is 23.1 Å². The molecule has 3 unspecified atom stereocenters. The first-order valence-electron chi connectivity index (χ1n) is 36.3. The van der Waals surface area contributed by atoms with Crippen LogP contribution < -0.4 is 0 Å². The van der Waals surface area contributed by atoms with Crippen LogP contribution in [0.4, 0.5) is 0 Å². The quantitative estimate of drug-likeness (QED) is 0.0502. The summed E-state index contributed by atoms with van der Waals surface area (Å²) in [5, 5.41) is 33.5. The van der Waals surface area contributed by atoms with Gasteiger partial charge in [0.05, 0.1) is 34.4 Å². The zero-order valence-electron chi connectivity index (χ0n) is 67.0. The number of carbonyl (C=O) groups excluding carboxylic acids is 4. The fraction of sp³-hybridized carbons (Fsp3) is 0.213. The summed E-state index contributed by atoms with van der Waals surface area (Å²) >= 11 is 0. The normalized spacial score (nSPS) is 13.2. The van der Waals surface area contributed by atoms with Crippen LogP contribution in [-0.2, 0) is 125 Å². The Bertz CT molecular complexity index is 4660. The maximum atomic E-state index is 10.0. The maximum Gasteiger partial charge on any atom is 0.155 e. The summed E-state index contributed by atoms with van der Waals surface area (Å²) in [5.74, 6) is 2.24. The Balaban J connectivity index is 0.000000673. The van der Waals surface area contributed by atoms with E-state index < -0.39 is 0 Å². The van der Waals surface area contributed by atoms with Gasteiger partial charge in [-0.05, 0) is 133 Å². The Hall–Kier alpha value is -9.97. The zero-order valence-corrected chi connectivity index (χ0v) is 79.0. The Morgan fingerprint density at radius 3 is 0.906 bits per heavy atom. The summed E-state index contributed by atoms with van der Waals surface area (Å²) < 4.78 is 0. The molecule has 117 heavy (non-hydrogen) atoms. The van der Waals surface area contributed by atoms with Crippen molar-refractivity contribution in [1.29, 1.82) is 0 Å². The third kappa shape index (κ3) is 41.1. The van der Waals surface area contributed by atoms with E-state index >= 15 is 0 Å². The van der Waals surface area contributed by atoms with E-state index in [4.69, 9.17) is 20.4 Å². The molecule has 7 aromatic carbocycles. The molecule has 3 atom stereocenters. The zero-order chi connectivity index (χ0) is 81.2. The van der Waals surface area contributed by atoms with E-state index in [9.17, 15) is 19.2 Å². The summed E-state index contributed by atoms with van der Waals surface area (Å²) in [6.45, 7) is 19.8. The number of ketones is 4. The fourth-order valence-electron chi connectivity index (χ4n) is 11.3. The molecule has 0 saturated heterocycles. The number of benzene rings is 7. The average molecular weight is 2450 g/mol. The SMILES string of the molecule is CC(=O)C=C(C)O.CC(=O)C=C(C)O.CC(=O)C=C(C)O.CC(=O)C=C(C)O.CC(C)(C)c1cc(-c2[c-]cccc2)ncn1.Cc1cc(-c2[c-]cccc2)ncn1.[Ir].[Ir].[Ir].[Ir].[Ir].[c-]1ccccc1-c1cc(-c2ccccc2)ncn1.[c-]1ccccc1-c1cc(-c2ccccc2)ncn1.[c-]1ccccc1-c1cc(C2CC3CCC2C3)ncn1. The van der Waals surface area contributed by atoms with Crippen LogP contribution in [0.2, 0.25) is 0 Å². The van der Waals surface area contributed by atoms with Crippen LogP contribution in [0.15, 0.2) is 291 Å². The van der Waals surface area contributed by atoms with E-state index in [2.05, 4.69) is 113 Å². The minimum Gasteiger partial charge on any atom is -0.512 e. The molecule has 0 aliphatic heterocycles. The number of aryl methyl sites for hydroxylation is 1. The number of nitrogens with zero attached hydrogens (tertiary/aromatic N) is 10. The first kappa shape index (κ1) is 105. The monoisotopic (exact) mass is 2460 g/mol. The molecule has 18 nitrogen and oxygen atoms in total. The van der Waals surface area contributed by atoms with Gasteiger partial charge in [0.2, 0.25) is 0 Å². The minimum atomic E-state index is -0.125. The molecule has 2 bridgehead atoms. The van der Waals surface area contributed by atoms with Gasteiger partial charge in [-0.25, -0.2) is 24.9 Å². The van der Waals surface area contributed by atoms with Crippen molar-refractivity contribution < 1.29 is 140 Å². The number of carbonyl (C=O) groups is 4. The van der Waals surface area contributed by atoms with Crippen molar-refractivity contribution in [2.75, 3.05) is 0 Å². The Kier molecular flexibility index (Phi) is 51.3. The maximum absolute atomic E-state index is 10.0. The van der Waals surface area contributed by atoms with Gasteiger partial charge >= 0.3 is 0 Å². The molecule has 12 aromatic rings. The Labute approximate surface area is 755 Å². The van der Waals surface area contributed by atoms with Crippen LogP contribution >= 0.6 is 0 Å². The molecule has 5 aromatic heterocycles. The van der Waals surface area contributed by atoms with Crippen LogP contribution in [0.1, 0.15) is 125 Å². The second kappa shape index (κ2) is 57.2. The molecule has 2 fully saturated rings. The van der Waals surface area contributed by atoms with Gasteiger partial charge in [-0.3, -0.25) is 44.1 Å². The topological polar surface area (TPSA) is 278 Å². The fourth-order valence-corrected chi connectivity index (χ4v) is 11.3. The minimum absolute atomic E-state index is 0. The molecule has 2 saturated carbocycles. The van der Waals surface area contributed by atoms with Crippen molar-refractivity contribution in [3.8, 4) is 78.8 Å². The number of hydrogen-bond donors (Lipinski definition) is 4. The summed E-state index contributed by atoms with van der Waals surface area (Å²) in [7, 11) is 0. The molecule has 2 aliphatic rings. The van der Waals surface area contributed by atoms with Crippen LogP contribution in [0.3, 0.4) is 0 Å². The van der Waals surface area contributed by atoms with Crippen molar-refractivity contribution in [2.24, 2.45) is 11.8 Å². The molecule has 5 radical (unpaired) electrons. The average Bonchev–Trinajstić information content (AvgIpc) is 1.66. The van der Waals surface area contributed by atoms with E-state index in [1.54, 1.807) is 31.6 Å². The molecule has 0 amide bonds. The van der Waals surface area contributed by atoms with Gasteiger partial charge in [-0.2, -0.15) is 0 Å². The van der Waals surface area contributed by atoms with Crippen LogP contribution in [0.5, 0.6) is 0 Å². The van der Waals surface area contributed by atoms with E-state index in [1.807, 2.05) is 207 Å². The number of aliphatic hydroxyl groups excluding tert-OH is 4. The standard InChI is InChI=1S/C17H17N2.2C16H11N2.C14H15N2.C11H9N2.4C5H8O2.5Ir/c1-2-4-13(5-3-1)16-10-17(19-11-18-16)15-9-12-6-7-14(15)8-12;2*1-3-7-13(8-4-1)15-11-16(18-12-17-15)14-9-5-2-6-10-14;1-14(2,3)13-9-12(15-10-16-13)11-7-5-4-6-8-11;1-9-7-11(13-8-12-9)10-5-3-2-4-6-10;4*1-4(6)3-5(2)7;;;;;/h1-4,10-12,14-15H,6-9H2;2*1-9,11-12H;4-7,9-10H,1-3H3;2-5,7-8H,1H3;4*3,6H,1-2H3;;;;;/q5*-1;;;;;;;;;. The second-order valence-corrected chi connectivity index (χ2v) is 27.0. The van der Waals surface area contributed by atoms with Gasteiger partial charge < -0.3 is 20.4 Å². The van der Waals surface area contributed by atoms with Gasteiger partial charge in [-0.15, -0.1) is 179 Å². The van der Waals surface area contributed by atoms with Crippen LogP contribution in [-0.4, -0.2) is 93.4 Å². The molecule has 0 spiro atoms. The first-order chi connectivity index (χ1) is 53.7. The number of aliphatic hydroxyl groups is 4. The van der Waals surface area contributed by atoms with Gasteiger partial charge in [0.1, 0.15) is 31.6 Å². The Morgan fingerprint density at radius 1 is 0.342 bits per heavy atom. The predicted molar refractivity (Wildman–Crippen MR) is 442 cm³/mol. The largest absolute Gasteiger partial charge is 0.512 e. The van der Waals surface area contributed by atoms with Gasteiger partial charge in [0, 0.05) is 153 Å². The molecular formula is C94H95Ir5N10O8-5. The van der Waals surface area contributed by atoms with Gasteiger partial charge in [-0.1, -0.05) is 118 Å². The van der Waals surface area contributed by atoms with Crippen LogP contribution in [0, 0.1) is 49.1 Å². The third-order valence-electron chi connectivity index (χ3n) is 16.1. The smallest absolute Gasteiger partial charge is 0.155 e. The summed E-state index contributed by atoms with van der Waals surface area (Å²) in [6, 6.07) is 85.5. The van der Waals surface area contributed by atoms with E-state index in [1.165, 1.54) is 111 Å². The molecule has 619 valence electrons. The first-order valence-corrected chi connectivity index (χ1v) is 36.3. The molecular weight excluding hydrogens is 2360 g/mol. The Morgan fingerprint density at radius 2 is 0.632 bits per heavy atom. The number of rotatable bonds is 12. The van der Waals surface area contributed by atoms with Gasteiger partial charge in [0.25, 0.3) is 0 Å². The second-order valence-electron chi connectivity index (χ2n) is 27.0. The number of aromatic nitrogens is 10. The molecule has 4 N–H and O–H groups in total. The van der Waals surface area contributed by atoms with Crippen molar-refractivity contribution in [3.63, 3.8) is 0 Å². The third-order valence-corrected chi connectivity index (χ3v) is 16.1.